The van der Waals surface area contributed by atoms with Gasteiger partial charge < -0.3 is 9.64 Å². The van der Waals surface area contributed by atoms with E-state index in [9.17, 15) is 18.8 Å². The number of benzene rings is 2. The zero-order valence-corrected chi connectivity index (χ0v) is 16.6. The van der Waals surface area contributed by atoms with Crippen LogP contribution >= 0.6 is 0 Å². The molecule has 0 radical (unpaired) electrons. The van der Waals surface area contributed by atoms with E-state index in [0.717, 1.165) is 5.56 Å². The quantitative estimate of drug-likeness (QED) is 0.569. The maximum Gasteiger partial charge on any atom is 0.309 e. The molecule has 0 spiro atoms. The number of Topliss-reactive ketones (excluding diaryl/α,β-unsaturated/α-hetero) is 1. The highest BCUT2D eigenvalue weighted by Gasteiger charge is 2.31. The number of hydrogen-bond donors (Lipinski definition) is 0. The highest BCUT2D eigenvalue weighted by molar-refractivity contribution is 6.00. The molecule has 0 aliphatic carbocycles. The smallest absolute Gasteiger partial charge is 0.309 e. The first kappa shape index (κ1) is 20.7. The molecule has 6 heteroatoms. The Bertz CT molecular complexity index is 901. The van der Waals surface area contributed by atoms with Crippen LogP contribution in [-0.2, 0) is 9.53 Å². The molecule has 3 rings (SSSR count). The van der Waals surface area contributed by atoms with Crippen molar-refractivity contribution in [3.8, 4) is 0 Å². The number of piperidine rings is 1. The number of ether oxygens (including phenoxy) is 1. The predicted octanol–water partition coefficient (Wildman–Crippen LogP) is 3.80. The summed E-state index contributed by atoms with van der Waals surface area (Å²) in [6.45, 7) is 4.34. The summed E-state index contributed by atoms with van der Waals surface area (Å²) in [4.78, 5) is 39.2. The molecular formula is C23H24FNO4. The van der Waals surface area contributed by atoms with E-state index in [4.69, 9.17) is 4.74 Å². The first-order valence-electron chi connectivity index (χ1n) is 9.72. The van der Waals surface area contributed by atoms with Gasteiger partial charge in [0.15, 0.2) is 6.10 Å². The summed E-state index contributed by atoms with van der Waals surface area (Å²) in [6.07, 6.45) is 0.0431. The van der Waals surface area contributed by atoms with Gasteiger partial charge in [-0.25, -0.2) is 4.39 Å². The van der Waals surface area contributed by atoms with Gasteiger partial charge >= 0.3 is 5.97 Å². The highest BCUT2D eigenvalue weighted by Crippen LogP contribution is 2.22. The van der Waals surface area contributed by atoms with Gasteiger partial charge in [0.1, 0.15) is 5.82 Å². The largest absolute Gasteiger partial charge is 0.454 e. The van der Waals surface area contributed by atoms with Crippen LogP contribution in [0.1, 0.15) is 46.0 Å². The van der Waals surface area contributed by atoms with Crippen molar-refractivity contribution in [2.24, 2.45) is 5.92 Å². The molecule has 0 bridgehead atoms. The van der Waals surface area contributed by atoms with Gasteiger partial charge in [0.05, 0.1) is 5.92 Å². The summed E-state index contributed by atoms with van der Waals surface area (Å²) in [7, 11) is 0. The molecule has 2 aromatic rings. The lowest BCUT2D eigenvalue weighted by atomic mass is 9.96. The zero-order valence-electron chi connectivity index (χ0n) is 16.6. The average molecular weight is 397 g/mol. The number of ketones is 1. The van der Waals surface area contributed by atoms with Crippen molar-refractivity contribution >= 4 is 17.7 Å². The molecule has 1 fully saturated rings. The number of hydrogen-bond acceptors (Lipinski definition) is 4. The van der Waals surface area contributed by atoms with E-state index in [1.54, 1.807) is 11.0 Å². The summed E-state index contributed by atoms with van der Waals surface area (Å²) >= 11 is 0. The minimum Gasteiger partial charge on any atom is -0.454 e. The maximum atomic E-state index is 13.0. The molecule has 1 aliphatic rings. The number of halogens is 1. The molecule has 0 saturated carbocycles. The number of nitrogens with zero attached hydrogens (tertiary/aromatic N) is 1. The van der Waals surface area contributed by atoms with E-state index < -0.39 is 17.9 Å². The highest BCUT2D eigenvalue weighted by atomic mass is 19.1. The minimum atomic E-state index is -0.945. The number of aryl methyl sites for hydroxylation is 1. The maximum absolute atomic E-state index is 13.0. The standard InChI is InChI=1S/C23H24FNO4/c1-15-5-3-4-6-20(15)22(27)25-13-11-18(12-14-25)23(28)29-16(2)21(26)17-7-9-19(24)10-8-17/h3-10,16,18H,11-14H2,1-2H3/t16-/m0/s1. The lowest BCUT2D eigenvalue weighted by Crippen LogP contribution is -2.41. The van der Waals surface area contributed by atoms with E-state index in [2.05, 4.69) is 0 Å². The lowest BCUT2D eigenvalue weighted by Gasteiger charge is -2.31. The molecule has 152 valence electrons. The Balaban J connectivity index is 1.53. The summed E-state index contributed by atoms with van der Waals surface area (Å²) < 4.78 is 18.3. The molecule has 1 aliphatic heterocycles. The van der Waals surface area contributed by atoms with Crippen molar-refractivity contribution in [3.05, 3.63) is 71.0 Å². The molecular weight excluding hydrogens is 373 g/mol. The van der Waals surface area contributed by atoms with Crippen LogP contribution in [0.25, 0.3) is 0 Å². The third-order valence-electron chi connectivity index (χ3n) is 5.28. The van der Waals surface area contributed by atoms with E-state index in [1.165, 1.54) is 31.2 Å². The number of carbonyl (C=O) groups is 3. The Kier molecular flexibility index (Phi) is 6.42. The van der Waals surface area contributed by atoms with Crippen molar-refractivity contribution in [3.63, 3.8) is 0 Å². The summed E-state index contributed by atoms with van der Waals surface area (Å²) in [6, 6.07) is 12.6. The number of amides is 1. The van der Waals surface area contributed by atoms with Gasteiger partial charge in [-0.2, -0.15) is 0 Å². The van der Waals surface area contributed by atoms with Crippen LogP contribution in [0.2, 0.25) is 0 Å². The molecule has 1 atom stereocenters. The summed E-state index contributed by atoms with van der Waals surface area (Å²) in [5, 5.41) is 0. The van der Waals surface area contributed by atoms with Gasteiger partial charge in [-0.05, 0) is 62.6 Å². The van der Waals surface area contributed by atoms with Gasteiger partial charge in [-0.15, -0.1) is 0 Å². The Morgan fingerprint density at radius 2 is 1.66 bits per heavy atom. The van der Waals surface area contributed by atoms with Crippen molar-refractivity contribution in [1.29, 1.82) is 0 Å². The van der Waals surface area contributed by atoms with Crippen LogP contribution in [0.15, 0.2) is 48.5 Å². The van der Waals surface area contributed by atoms with Gasteiger partial charge in [0, 0.05) is 24.2 Å². The van der Waals surface area contributed by atoms with E-state index in [0.29, 0.717) is 37.1 Å². The second-order valence-corrected chi connectivity index (χ2v) is 7.33. The second-order valence-electron chi connectivity index (χ2n) is 7.33. The molecule has 2 aromatic carbocycles. The summed E-state index contributed by atoms with van der Waals surface area (Å²) in [5.41, 5.74) is 1.89. The van der Waals surface area contributed by atoms with Crippen LogP contribution in [0.5, 0.6) is 0 Å². The van der Waals surface area contributed by atoms with Gasteiger partial charge in [-0.3, -0.25) is 14.4 Å². The third kappa shape index (κ3) is 4.88. The van der Waals surface area contributed by atoms with E-state index >= 15 is 0 Å². The Morgan fingerprint density at radius 1 is 1.03 bits per heavy atom. The number of rotatable bonds is 5. The van der Waals surface area contributed by atoms with Gasteiger partial charge in [-0.1, -0.05) is 18.2 Å². The fraction of sp³-hybridized carbons (Fsp3) is 0.348. The van der Waals surface area contributed by atoms with E-state index in [-0.39, 0.29) is 17.6 Å². The van der Waals surface area contributed by atoms with Crippen molar-refractivity contribution in [2.75, 3.05) is 13.1 Å². The van der Waals surface area contributed by atoms with Crippen molar-refractivity contribution < 1.29 is 23.5 Å². The van der Waals surface area contributed by atoms with E-state index in [1.807, 2.05) is 25.1 Å². The SMILES string of the molecule is Cc1ccccc1C(=O)N1CCC(C(=O)O[C@@H](C)C(=O)c2ccc(F)cc2)CC1. The fourth-order valence-electron chi connectivity index (χ4n) is 3.47. The van der Waals surface area contributed by atoms with Crippen molar-refractivity contribution in [1.82, 2.24) is 4.90 Å². The lowest BCUT2D eigenvalue weighted by molar-refractivity contribution is -0.152. The minimum absolute atomic E-state index is 0.0326. The van der Waals surface area contributed by atoms with Crippen LogP contribution < -0.4 is 0 Å². The number of likely N-dealkylation sites (tertiary alicyclic amines) is 1. The second kappa shape index (κ2) is 8.99. The molecule has 5 nitrogen and oxygen atoms in total. The van der Waals surface area contributed by atoms with Crippen molar-refractivity contribution in [2.45, 2.75) is 32.8 Å². The van der Waals surface area contributed by atoms with Crippen LogP contribution in [0.4, 0.5) is 4.39 Å². The topological polar surface area (TPSA) is 63.7 Å². The number of carbonyl (C=O) groups excluding carboxylic acids is 3. The van der Waals surface area contributed by atoms with Crippen LogP contribution in [0, 0.1) is 18.7 Å². The normalized spacial score (nSPS) is 15.6. The Labute approximate surface area is 169 Å². The third-order valence-corrected chi connectivity index (χ3v) is 5.28. The Morgan fingerprint density at radius 3 is 2.28 bits per heavy atom. The monoisotopic (exact) mass is 397 g/mol. The molecule has 29 heavy (non-hydrogen) atoms. The first-order valence-corrected chi connectivity index (χ1v) is 9.72. The zero-order chi connectivity index (χ0) is 21.0. The average Bonchev–Trinajstić information content (AvgIpc) is 2.73. The molecule has 0 N–H and O–H groups in total. The fourth-order valence-corrected chi connectivity index (χ4v) is 3.47. The number of esters is 1. The first-order chi connectivity index (χ1) is 13.9. The molecule has 1 heterocycles. The van der Waals surface area contributed by atoms with Gasteiger partial charge in [0.25, 0.3) is 5.91 Å². The Hall–Kier alpha value is -3.02. The summed E-state index contributed by atoms with van der Waals surface area (Å²) in [5.74, 6) is -1.62. The van der Waals surface area contributed by atoms with Crippen LogP contribution in [-0.4, -0.2) is 41.8 Å². The predicted molar refractivity (Wildman–Crippen MR) is 106 cm³/mol. The molecule has 0 aromatic heterocycles. The van der Waals surface area contributed by atoms with Gasteiger partial charge in [0.2, 0.25) is 5.78 Å². The molecule has 1 amide bonds. The molecule has 0 unspecified atom stereocenters. The molecule has 1 saturated heterocycles. The van der Waals surface area contributed by atoms with Crippen LogP contribution in [0.3, 0.4) is 0 Å².